The third-order valence-corrected chi connectivity index (χ3v) is 3.72. The molecule has 0 unspecified atom stereocenters. The van der Waals surface area contributed by atoms with Crippen LogP contribution < -0.4 is 20.1 Å². The number of benzene rings is 1. The van der Waals surface area contributed by atoms with Gasteiger partial charge in [0.1, 0.15) is 23.9 Å². The SMILES string of the molecule is COc1ccc(Nc2cc(-c3ccccn3)nc(NCC(=O)O)n2)c(OC)c1. The molecule has 1 aromatic carbocycles. The number of carboxylic acid groups (broad SMARTS) is 1. The zero-order valence-corrected chi connectivity index (χ0v) is 15.3. The molecule has 0 radical (unpaired) electrons. The molecular formula is C19H19N5O4. The van der Waals surface area contributed by atoms with E-state index in [2.05, 4.69) is 25.6 Å². The number of carboxylic acids is 1. The Bertz CT molecular complexity index is 966. The van der Waals surface area contributed by atoms with E-state index in [-0.39, 0.29) is 12.5 Å². The van der Waals surface area contributed by atoms with Crippen molar-refractivity contribution in [1.82, 2.24) is 15.0 Å². The summed E-state index contributed by atoms with van der Waals surface area (Å²) in [6.45, 7) is -0.309. The van der Waals surface area contributed by atoms with E-state index < -0.39 is 5.97 Å². The van der Waals surface area contributed by atoms with Gasteiger partial charge in [-0.05, 0) is 24.3 Å². The Morgan fingerprint density at radius 1 is 1.07 bits per heavy atom. The Balaban J connectivity index is 1.97. The Labute approximate surface area is 161 Å². The van der Waals surface area contributed by atoms with Gasteiger partial charge in [-0.15, -0.1) is 0 Å². The third kappa shape index (κ3) is 4.64. The van der Waals surface area contributed by atoms with Crippen LogP contribution in [0.25, 0.3) is 11.4 Å². The molecule has 28 heavy (non-hydrogen) atoms. The molecule has 3 rings (SSSR count). The summed E-state index contributed by atoms with van der Waals surface area (Å²) in [6.07, 6.45) is 1.65. The molecule has 9 heteroatoms. The highest BCUT2D eigenvalue weighted by Gasteiger charge is 2.11. The van der Waals surface area contributed by atoms with Crippen LogP contribution in [0.5, 0.6) is 11.5 Å². The lowest BCUT2D eigenvalue weighted by molar-refractivity contribution is -0.134. The maximum absolute atomic E-state index is 10.9. The first-order valence-electron chi connectivity index (χ1n) is 8.34. The fourth-order valence-electron chi connectivity index (χ4n) is 2.43. The van der Waals surface area contributed by atoms with Crippen molar-refractivity contribution in [2.45, 2.75) is 0 Å². The molecular weight excluding hydrogens is 362 g/mol. The highest BCUT2D eigenvalue weighted by atomic mass is 16.5. The van der Waals surface area contributed by atoms with E-state index in [1.165, 1.54) is 0 Å². The number of anilines is 3. The van der Waals surface area contributed by atoms with Crippen molar-refractivity contribution < 1.29 is 19.4 Å². The quantitative estimate of drug-likeness (QED) is 0.541. The zero-order chi connectivity index (χ0) is 19.9. The minimum absolute atomic E-state index is 0.167. The second-order valence-electron chi connectivity index (χ2n) is 5.62. The summed E-state index contributed by atoms with van der Waals surface area (Å²) in [6, 6.07) is 12.5. The van der Waals surface area contributed by atoms with Gasteiger partial charge in [0.2, 0.25) is 5.95 Å². The van der Waals surface area contributed by atoms with Crippen molar-refractivity contribution in [3.05, 3.63) is 48.7 Å². The number of rotatable bonds is 8. The van der Waals surface area contributed by atoms with Gasteiger partial charge in [0.05, 0.1) is 31.3 Å². The summed E-state index contributed by atoms with van der Waals surface area (Å²) in [5.41, 5.74) is 1.84. The molecule has 0 bridgehead atoms. The van der Waals surface area contributed by atoms with Crippen LogP contribution in [0.3, 0.4) is 0 Å². The van der Waals surface area contributed by atoms with Crippen LogP contribution in [0.15, 0.2) is 48.7 Å². The molecule has 2 aromatic heterocycles. The van der Waals surface area contributed by atoms with Crippen molar-refractivity contribution >= 4 is 23.4 Å². The molecule has 0 aliphatic heterocycles. The van der Waals surface area contributed by atoms with Gasteiger partial charge in [0.25, 0.3) is 0 Å². The highest BCUT2D eigenvalue weighted by Crippen LogP contribution is 2.32. The Kier molecular flexibility index (Phi) is 5.85. The van der Waals surface area contributed by atoms with Crippen molar-refractivity contribution in [2.75, 3.05) is 31.4 Å². The smallest absolute Gasteiger partial charge is 0.322 e. The van der Waals surface area contributed by atoms with E-state index in [1.807, 2.05) is 6.07 Å². The number of hydrogen-bond acceptors (Lipinski definition) is 8. The summed E-state index contributed by atoms with van der Waals surface area (Å²) >= 11 is 0. The molecule has 0 amide bonds. The second kappa shape index (κ2) is 8.67. The number of pyridine rings is 1. The number of aromatic nitrogens is 3. The normalized spacial score (nSPS) is 10.2. The number of hydrogen-bond donors (Lipinski definition) is 3. The van der Waals surface area contributed by atoms with Crippen molar-refractivity contribution in [1.29, 1.82) is 0 Å². The zero-order valence-electron chi connectivity index (χ0n) is 15.3. The predicted octanol–water partition coefficient (Wildman–Crippen LogP) is 2.80. The first-order chi connectivity index (χ1) is 13.6. The summed E-state index contributed by atoms with van der Waals surface area (Å²) in [4.78, 5) is 23.8. The van der Waals surface area contributed by atoms with Crippen LogP contribution in [0.4, 0.5) is 17.5 Å². The van der Waals surface area contributed by atoms with Gasteiger partial charge in [0.15, 0.2) is 0 Å². The average Bonchev–Trinajstić information content (AvgIpc) is 2.73. The monoisotopic (exact) mass is 381 g/mol. The Hall–Kier alpha value is -3.88. The van der Waals surface area contributed by atoms with Gasteiger partial charge in [0, 0.05) is 18.3 Å². The van der Waals surface area contributed by atoms with E-state index in [0.717, 1.165) is 0 Å². The topological polar surface area (TPSA) is 118 Å². The van der Waals surface area contributed by atoms with Crippen LogP contribution in [-0.4, -0.2) is 46.8 Å². The lowest BCUT2D eigenvalue weighted by Crippen LogP contribution is -2.15. The predicted molar refractivity (Wildman–Crippen MR) is 104 cm³/mol. The van der Waals surface area contributed by atoms with E-state index in [9.17, 15) is 4.79 Å². The maximum atomic E-state index is 10.9. The maximum Gasteiger partial charge on any atom is 0.322 e. The van der Waals surface area contributed by atoms with E-state index in [1.54, 1.807) is 56.8 Å². The number of carbonyl (C=O) groups is 1. The summed E-state index contributed by atoms with van der Waals surface area (Å²) in [5, 5.41) is 14.8. The molecule has 9 nitrogen and oxygen atoms in total. The van der Waals surface area contributed by atoms with Crippen LogP contribution in [0, 0.1) is 0 Å². The minimum Gasteiger partial charge on any atom is -0.497 e. The van der Waals surface area contributed by atoms with Gasteiger partial charge in [-0.2, -0.15) is 4.98 Å². The number of nitrogens with one attached hydrogen (secondary N) is 2. The van der Waals surface area contributed by atoms with Crippen LogP contribution in [0.1, 0.15) is 0 Å². The molecule has 144 valence electrons. The molecule has 0 atom stereocenters. The largest absolute Gasteiger partial charge is 0.497 e. The van der Waals surface area contributed by atoms with Crippen molar-refractivity contribution in [3.63, 3.8) is 0 Å². The summed E-state index contributed by atoms with van der Waals surface area (Å²) < 4.78 is 10.6. The Morgan fingerprint density at radius 3 is 2.61 bits per heavy atom. The first kappa shape index (κ1) is 18.9. The average molecular weight is 381 g/mol. The first-order valence-corrected chi connectivity index (χ1v) is 8.34. The Morgan fingerprint density at radius 2 is 1.93 bits per heavy atom. The molecule has 0 saturated carbocycles. The molecule has 0 spiro atoms. The fourth-order valence-corrected chi connectivity index (χ4v) is 2.43. The lowest BCUT2D eigenvalue weighted by Gasteiger charge is -2.14. The molecule has 0 aliphatic carbocycles. The molecule has 0 aliphatic rings. The standard InChI is InChI=1S/C19H19N5O4/c1-27-12-6-7-14(16(9-12)28-2)22-17-10-15(13-5-3-4-8-20-13)23-19(24-17)21-11-18(25)26/h3-10H,11H2,1-2H3,(H,25,26)(H2,21,22,23,24). The van der Waals surface area contributed by atoms with Crippen molar-refractivity contribution in [2.24, 2.45) is 0 Å². The van der Waals surface area contributed by atoms with Gasteiger partial charge in [-0.25, -0.2) is 4.98 Å². The summed E-state index contributed by atoms with van der Waals surface area (Å²) in [7, 11) is 3.13. The fraction of sp³-hybridized carbons (Fsp3) is 0.158. The minimum atomic E-state index is -1.02. The van der Waals surface area contributed by atoms with Crippen molar-refractivity contribution in [3.8, 4) is 22.9 Å². The van der Waals surface area contributed by atoms with Gasteiger partial charge >= 0.3 is 5.97 Å². The molecule has 0 saturated heterocycles. The number of nitrogens with zero attached hydrogens (tertiary/aromatic N) is 3. The van der Waals surface area contributed by atoms with E-state index in [4.69, 9.17) is 14.6 Å². The lowest BCUT2D eigenvalue weighted by atomic mass is 10.2. The van der Waals surface area contributed by atoms with Crippen LogP contribution >= 0.6 is 0 Å². The second-order valence-corrected chi connectivity index (χ2v) is 5.62. The highest BCUT2D eigenvalue weighted by molar-refractivity contribution is 5.73. The number of methoxy groups -OCH3 is 2. The van der Waals surface area contributed by atoms with E-state index >= 15 is 0 Å². The van der Waals surface area contributed by atoms with E-state index in [0.29, 0.717) is 34.4 Å². The number of ether oxygens (including phenoxy) is 2. The van der Waals surface area contributed by atoms with Gasteiger partial charge in [-0.3, -0.25) is 9.78 Å². The molecule has 0 fully saturated rings. The van der Waals surface area contributed by atoms with Gasteiger partial charge in [-0.1, -0.05) is 6.07 Å². The molecule has 3 N–H and O–H groups in total. The summed E-state index contributed by atoms with van der Waals surface area (Å²) in [5.74, 6) is 0.825. The van der Waals surface area contributed by atoms with Crippen LogP contribution in [0.2, 0.25) is 0 Å². The van der Waals surface area contributed by atoms with Gasteiger partial charge < -0.3 is 25.2 Å². The third-order valence-electron chi connectivity index (χ3n) is 3.72. The molecule has 2 heterocycles. The molecule has 3 aromatic rings. The number of aliphatic carboxylic acids is 1. The van der Waals surface area contributed by atoms with Crippen LogP contribution in [-0.2, 0) is 4.79 Å².